The second kappa shape index (κ2) is 7.90. The lowest BCUT2D eigenvalue weighted by molar-refractivity contribution is -0.140. The van der Waals surface area contributed by atoms with E-state index in [4.69, 9.17) is 11.6 Å². The highest BCUT2D eigenvalue weighted by Gasteiger charge is 2.35. The fraction of sp³-hybridized carbons (Fsp3) is 0.0500. The zero-order valence-corrected chi connectivity index (χ0v) is 17.4. The lowest BCUT2D eigenvalue weighted by Gasteiger charge is -2.08. The molecule has 154 valence electrons. The molecule has 0 N–H and O–H groups in total. The van der Waals surface area contributed by atoms with E-state index in [0.29, 0.717) is 21.0 Å². The number of hydrogen-bond acceptors (Lipinski definition) is 4. The van der Waals surface area contributed by atoms with Crippen LogP contribution in [0.4, 0.5) is 13.2 Å². The van der Waals surface area contributed by atoms with Crippen LogP contribution in [0.15, 0.2) is 71.8 Å². The van der Waals surface area contributed by atoms with Crippen LogP contribution in [-0.2, 0) is 16.9 Å². The maximum atomic E-state index is 13.3. The Labute approximate surface area is 180 Å². The quantitative estimate of drug-likeness (QED) is 0.379. The molecule has 2 aromatic carbocycles. The van der Waals surface area contributed by atoms with Crippen molar-refractivity contribution in [3.05, 3.63) is 77.6 Å². The summed E-state index contributed by atoms with van der Waals surface area (Å²) in [5, 5.41) is 0.286. The van der Waals surface area contributed by atoms with Crippen LogP contribution in [0.25, 0.3) is 26.8 Å². The zero-order valence-electron chi connectivity index (χ0n) is 14.9. The minimum absolute atomic E-state index is 0.0951. The van der Waals surface area contributed by atoms with Crippen LogP contribution in [0.2, 0.25) is 5.02 Å². The highest BCUT2D eigenvalue weighted by molar-refractivity contribution is 7.72. The van der Waals surface area contributed by atoms with Crippen LogP contribution in [0, 0.1) is 0 Å². The summed E-state index contributed by atoms with van der Waals surface area (Å²) in [6, 6.07) is 16.3. The number of aromatic nitrogens is 2. The lowest BCUT2D eigenvalue weighted by Crippen LogP contribution is -2.04. The minimum Gasteiger partial charge on any atom is -0.297 e. The van der Waals surface area contributed by atoms with Crippen LogP contribution in [-0.4, -0.2) is 18.0 Å². The van der Waals surface area contributed by atoms with Gasteiger partial charge in [-0.2, -0.15) is 13.2 Å². The smallest absolute Gasteiger partial charge is 0.297 e. The molecule has 0 amide bonds. The summed E-state index contributed by atoms with van der Waals surface area (Å²) >= 11 is 7.41. The molecule has 10 heteroatoms. The Hall–Kier alpha value is -2.62. The first-order chi connectivity index (χ1) is 14.2. The van der Waals surface area contributed by atoms with E-state index in [2.05, 4.69) is 4.98 Å². The van der Waals surface area contributed by atoms with Gasteiger partial charge in [-0.15, -0.1) is 11.3 Å². The Morgan fingerprint density at radius 3 is 2.40 bits per heavy atom. The molecule has 0 radical (unpaired) electrons. The average Bonchev–Trinajstić information content (AvgIpc) is 3.35. The van der Waals surface area contributed by atoms with E-state index in [1.165, 1.54) is 28.0 Å². The Balaban J connectivity index is 1.84. The molecule has 30 heavy (non-hydrogen) atoms. The third kappa shape index (κ3) is 4.00. The van der Waals surface area contributed by atoms with Gasteiger partial charge in [0.25, 0.3) is 0 Å². The summed E-state index contributed by atoms with van der Waals surface area (Å²) in [6.45, 7) is 0. The van der Waals surface area contributed by atoms with Crippen molar-refractivity contribution < 1.29 is 21.6 Å². The maximum Gasteiger partial charge on any atom is 0.434 e. The summed E-state index contributed by atoms with van der Waals surface area (Å²) in [7, 11) is -2.74. The van der Waals surface area contributed by atoms with Gasteiger partial charge in [-0.25, -0.2) is 13.4 Å². The Kier molecular flexibility index (Phi) is 5.44. The molecule has 0 spiro atoms. The van der Waals surface area contributed by atoms with Gasteiger partial charge in [0.2, 0.25) is 0 Å². The van der Waals surface area contributed by atoms with Crippen molar-refractivity contribution in [3.8, 4) is 26.8 Å². The van der Waals surface area contributed by atoms with Gasteiger partial charge in [-0.05, 0) is 42.0 Å². The molecule has 4 rings (SSSR count). The standard InChI is InChI=1S/C20H12ClF3N2O2S2/c21-14-6-1-2-7-15(14)26-11-18(20(22,23)24)25-19(26)17-9-8-16(29-17)12-4-3-5-13(10-12)30(27)28/h1-11,30H. The molecule has 2 heterocycles. The summed E-state index contributed by atoms with van der Waals surface area (Å²) in [4.78, 5) is 5.16. The van der Waals surface area contributed by atoms with E-state index < -0.39 is 22.6 Å². The molecule has 0 saturated carbocycles. The summed E-state index contributed by atoms with van der Waals surface area (Å²) in [5.41, 5.74) is -0.00923. The van der Waals surface area contributed by atoms with E-state index >= 15 is 0 Å². The predicted octanol–water partition coefficient (Wildman–Crippen LogP) is 5.91. The van der Waals surface area contributed by atoms with Crippen LogP contribution in [0.1, 0.15) is 5.69 Å². The molecular formula is C20H12ClF3N2O2S2. The molecule has 2 aromatic heterocycles. The lowest BCUT2D eigenvalue weighted by atomic mass is 10.2. The van der Waals surface area contributed by atoms with Gasteiger partial charge in [0.15, 0.2) is 22.2 Å². The van der Waals surface area contributed by atoms with Crippen molar-refractivity contribution in [1.82, 2.24) is 9.55 Å². The molecule has 0 atom stereocenters. The summed E-state index contributed by atoms with van der Waals surface area (Å²) in [6.07, 6.45) is -3.70. The fourth-order valence-corrected chi connectivity index (χ4v) is 4.58. The zero-order chi connectivity index (χ0) is 21.5. The Bertz CT molecular complexity index is 1300. The number of benzene rings is 2. The molecule has 0 fully saturated rings. The molecule has 0 unspecified atom stereocenters. The average molecular weight is 469 g/mol. The van der Waals surface area contributed by atoms with Crippen molar-refractivity contribution in [3.63, 3.8) is 0 Å². The van der Waals surface area contributed by atoms with E-state index in [1.54, 1.807) is 48.5 Å². The first-order valence-corrected chi connectivity index (χ1v) is 10.9. The fourth-order valence-electron chi connectivity index (χ4n) is 2.91. The monoisotopic (exact) mass is 468 g/mol. The van der Waals surface area contributed by atoms with Crippen LogP contribution < -0.4 is 0 Å². The number of imidazole rings is 1. The van der Waals surface area contributed by atoms with Crippen molar-refractivity contribution >= 4 is 33.6 Å². The number of para-hydroxylation sites is 1. The Morgan fingerprint density at radius 1 is 0.967 bits per heavy atom. The number of thiol groups is 1. The molecular weight excluding hydrogens is 457 g/mol. The third-order valence-corrected chi connectivity index (χ3v) is 6.43. The van der Waals surface area contributed by atoms with Gasteiger partial charge in [0, 0.05) is 11.1 Å². The molecule has 0 saturated heterocycles. The maximum absolute atomic E-state index is 13.3. The van der Waals surface area contributed by atoms with E-state index in [1.807, 2.05) is 0 Å². The van der Waals surface area contributed by atoms with Gasteiger partial charge in [-0.1, -0.05) is 35.9 Å². The Morgan fingerprint density at radius 2 is 1.70 bits per heavy atom. The van der Waals surface area contributed by atoms with Crippen molar-refractivity contribution in [2.75, 3.05) is 0 Å². The van der Waals surface area contributed by atoms with Gasteiger partial charge in [0.05, 0.1) is 20.5 Å². The van der Waals surface area contributed by atoms with E-state index in [9.17, 15) is 21.6 Å². The van der Waals surface area contributed by atoms with Gasteiger partial charge in [0.1, 0.15) is 0 Å². The third-order valence-electron chi connectivity index (χ3n) is 4.28. The topological polar surface area (TPSA) is 52.0 Å². The van der Waals surface area contributed by atoms with Crippen LogP contribution in [0.3, 0.4) is 0 Å². The molecule has 4 aromatic rings. The highest BCUT2D eigenvalue weighted by atomic mass is 35.5. The predicted molar refractivity (Wildman–Crippen MR) is 111 cm³/mol. The number of halogens is 4. The number of rotatable bonds is 4. The van der Waals surface area contributed by atoms with Crippen molar-refractivity contribution in [1.29, 1.82) is 0 Å². The number of thiophene rings is 1. The molecule has 0 aliphatic rings. The summed E-state index contributed by atoms with van der Waals surface area (Å²) in [5.74, 6) is 0.0951. The first-order valence-electron chi connectivity index (χ1n) is 8.50. The second-order valence-electron chi connectivity index (χ2n) is 6.24. The molecule has 0 bridgehead atoms. The van der Waals surface area contributed by atoms with Crippen LogP contribution >= 0.6 is 22.9 Å². The first kappa shape index (κ1) is 20.6. The molecule has 4 nitrogen and oxygen atoms in total. The largest absolute Gasteiger partial charge is 0.434 e. The van der Waals surface area contributed by atoms with E-state index in [-0.39, 0.29) is 15.7 Å². The molecule has 0 aliphatic carbocycles. The number of hydrogen-bond donors (Lipinski definition) is 1. The van der Waals surface area contributed by atoms with E-state index in [0.717, 1.165) is 6.20 Å². The number of alkyl halides is 3. The summed E-state index contributed by atoms with van der Waals surface area (Å²) < 4.78 is 63.8. The van der Waals surface area contributed by atoms with Crippen LogP contribution in [0.5, 0.6) is 0 Å². The second-order valence-corrected chi connectivity index (χ2v) is 8.76. The van der Waals surface area contributed by atoms with Crippen molar-refractivity contribution in [2.24, 2.45) is 0 Å². The normalized spacial score (nSPS) is 11.9. The van der Waals surface area contributed by atoms with Gasteiger partial charge < -0.3 is 0 Å². The molecule has 0 aliphatic heterocycles. The highest BCUT2D eigenvalue weighted by Crippen LogP contribution is 2.38. The van der Waals surface area contributed by atoms with Crippen molar-refractivity contribution in [2.45, 2.75) is 11.1 Å². The van der Waals surface area contributed by atoms with Gasteiger partial charge >= 0.3 is 6.18 Å². The van der Waals surface area contributed by atoms with Gasteiger partial charge in [-0.3, -0.25) is 4.57 Å². The minimum atomic E-state index is -4.62. The number of nitrogens with zero attached hydrogens (tertiary/aromatic N) is 2. The SMILES string of the molecule is O=[SH](=O)c1cccc(-c2ccc(-c3nc(C(F)(F)F)cn3-c3ccccc3Cl)s2)c1.